The smallest absolute Gasteiger partial charge is 0.255 e. The van der Waals surface area contributed by atoms with Crippen LogP contribution in [0.15, 0.2) is 73.1 Å². The zero-order valence-electron chi connectivity index (χ0n) is 37.6. The van der Waals surface area contributed by atoms with Crippen LogP contribution in [0.3, 0.4) is 0 Å². The second kappa shape index (κ2) is 19.0. The molecule has 15 nitrogen and oxygen atoms in total. The fraction of sp³-hybridized carbons (Fsp3) is 0.353. The van der Waals surface area contributed by atoms with Gasteiger partial charge in [0.25, 0.3) is 11.8 Å². The van der Waals surface area contributed by atoms with E-state index < -0.39 is 47.0 Å². The Hall–Kier alpha value is -7.29. The van der Waals surface area contributed by atoms with E-state index in [0.29, 0.717) is 47.9 Å². The number of hydrogen-bond donors (Lipinski definition) is 2. The minimum Gasteiger partial charge on any atom is -0.322 e. The Bertz CT molecular complexity index is 2710. The number of Topliss-reactive ketones (excluding diaryl/α,β-unsaturated/α-hetero) is 4. The molecule has 0 radical (unpaired) electrons. The van der Waals surface area contributed by atoms with Crippen molar-refractivity contribution < 1.29 is 47.9 Å². The summed E-state index contributed by atoms with van der Waals surface area (Å²) in [6.07, 6.45) is 4.83. The van der Waals surface area contributed by atoms with Crippen molar-refractivity contribution in [3.05, 3.63) is 134 Å². The quantitative estimate of drug-likeness (QED) is 0.110. The molecule has 8 rings (SSSR count). The van der Waals surface area contributed by atoms with E-state index in [-0.39, 0.29) is 67.8 Å². The van der Waals surface area contributed by atoms with Gasteiger partial charge in [-0.1, -0.05) is 57.2 Å². The molecule has 2 N–H and O–H groups in total. The van der Waals surface area contributed by atoms with Crippen LogP contribution in [0, 0.1) is 13.8 Å². The normalized spacial score (nSPS) is 18.0. The number of carbonyl (C=O) groups excluding carboxylic acids is 10. The number of piperidine rings is 2. The van der Waals surface area contributed by atoms with Crippen LogP contribution in [0.25, 0.3) is 0 Å². The van der Waals surface area contributed by atoms with Gasteiger partial charge in [0.15, 0.2) is 0 Å². The van der Waals surface area contributed by atoms with Gasteiger partial charge in [-0.25, -0.2) is 0 Å². The first kappa shape index (κ1) is 46.7. The maximum absolute atomic E-state index is 13.0. The van der Waals surface area contributed by atoms with Crippen LogP contribution in [0.2, 0.25) is 0 Å². The summed E-state index contributed by atoms with van der Waals surface area (Å²) in [5.74, 6) is -3.95. The van der Waals surface area contributed by atoms with Gasteiger partial charge in [-0.05, 0) is 108 Å². The van der Waals surface area contributed by atoms with Gasteiger partial charge in [0.1, 0.15) is 12.1 Å². The molecule has 340 valence electrons. The molecular weight excluding hydrogens is 843 g/mol. The van der Waals surface area contributed by atoms with E-state index in [1.165, 1.54) is 34.3 Å². The van der Waals surface area contributed by atoms with Crippen molar-refractivity contribution in [2.45, 2.75) is 117 Å². The van der Waals surface area contributed by atoms with Crippen molar-refractivity contribution in [1.29, 1.82) is 0 Å². The summed E-state index contributed by atoms with van der Waals surface area (Å²) in [6.45, 7) is 10.6. The Morgan fingerprint density at radius 1 is 0.621 bits per heavy atom. The highest BCUT2D eigenvalue weighted by Gasteiger charge is 2.40. The van der Waals surface area contributed by atoms with Crippen molar-refractivity contribution in [1.82, 2.24) is 25.4 Å². The summed E-state index contributed by atoms with van der Waals surface area (Å²) in [6, 6.07) is 16.3. The number of imide groups is 2. The van der Waals surface area contributed by atoms with Crippen molar-refractivity contribution in [2.75, 3.05) is 0 Å². The topological polar surface area (TPSA) is 214 Å². The predicted octanol–water partition coefficient (Wildman–Crippen LogP) is 4.97. The molecule has 2 atom stereocenters. The molecule has 0 bridgehead atoms. The van der Waals surface area contributed by atoms with Gasteiger partial charge in [-0.15, -0.1) is 0 Å². The van der Waals surface area contributed by atoms with Crippen LogP contribution in [-0.2, 0) is 60.1 Å². The van der Waals surface area contributed by atoms with E-state index in [1.54, 1.807) is 24.3 Å². The summed E-state index contributed by atoms with van der Waals surface area (Å²) >= 11 is 0. The number of fused-ring (bicyclic) bond motifs is 2. The monoisotopic (exact) mass is 893 g/mol. The van der Waals surface area contributed by atoms with E-state index in [2.05, 4.69) is 36.4 Å². The molecule has 2 fully saturated rings. The number of pyridine rings is 1. The van der Waals surface area contributed by atoms with E-state index in [4.69, 9.17) is 0 Å². The third kappa shape index (κ3) is 9.99. The lowest BCUT2D eigenvalue weighted by molar-refractivity contribution is -0.138. The molecule has 66 heavy (non-hydrogen) atoms. The Morgan fingerprint density at radius 2 is 1.06 bits per heavy atom. The Kier molecular flexibility index (Phi) is 13.5. The Balaban J connectivity index is 0.000000199. The summed E-state index contributed by atoms with van der Waals surface area (Å²) in [7, 11) is 0. The molecule has 15 heteroatoms. The lowest BCUT2D eigenvalue weighted by Gasteiger charge is -2.29. The highest BCUT2D eigenvalue weighted by Crippen LogP contribution is 2.31. The van der Waals surface area contributed by atoms with Gasteiger partial charge in [0.2, 0.25) is 46.8 Å². The number of aromatic nitrogens is 1. The second-order valence-electron chi connectivity index (χ2n) is 18.3. The summed E-state index contributed by atoms with van der Waals surface area (Å²) in [5, 5.41) is 4.58. The summed E-state index contributed by atoms with van der Waals surface area (Å²) < 4.78 is 0. The number of ketones is 4. The number of aryl methyl sites for hydroxylation is 4. The first-order valence-electron chi connectivity index (χ1n) is 22.0. The van der Waals surface area contributed by atoms with Crippen molar-refractivity contribution >= 4 is 58.6 Å². The molecule has 0 saturated carbocycles. The minimum atomic E-state index is -0.665. The minimum absolute atomic E-state index is 0.0517. The van der Waals surface area contributed by atoms with Crippen LogP contribution in [-0.4, -0.2) is 85.4 Å². The highest BCUT2D eigenvalue weighted by molar-refractivity contribution is 6.44. The molecule has 4 aromatic rings. The first-order valence-corrected chi connectivity index (χ1v) is 22.0. The number of nitrogens with one attached hydrogen (secondary N) is 2. The Labute approximate surface area is 381 Å². The fourth-order valence-electron chi connectivity index (χ4n) is 8.87. The van der Waals surface area contributed by atoms with E-state index in [0.717, 1.165) is 38.9 Å². The summed E-state index contributed by atoms with van der Waals surface area (Å²) in [4.78, 5) is 130. The molecule has 4 aliphatic rings. The predicted molar refractivity (Wildman–Crippen MR) is 239 cm³/mol. The molecule has 3 aromatic carbocycles. The number of nitrogens with zero attached hydrogens (tertiary/aromatic N) is 3. The van der Waals surface area contributed by atoms with Gasteiger partial charge < -0.3 is 9.80 Å². The number of rotatable bonds is 12. The standard InChI is InChI=1S/C29H32N2O5.C22H19N3O5/c1-16-12-20(29(3,4)5)13-17(2)25(16)26(34)23(32)10-7-18-6-8-21-19(14-18)15-31(28(21)36)22-9-11-24(33)30-27(22)35;26-18(20(28)14-7-9-23-10-8-14)5-2-13-1-3-16-15(11-13)12-25(22(16)30)17-4-6-19(27)24-21(17)29/h6,8,12-14,22H,7,9-11,15H2,1-5H3,(H,30,33,35);1,3,7-11,17H,2,4-6,12H2,(H,24,27,29). The number of benzene rings is 3. The van der Waals surface area contributed by atoms with Gasteiger partial charge in [0, 0.05) is 73.4 Å². The van der Waals surface area contributed by atoms with E-state index >= 15 is 0 Å². The molecule has 2 unspecified atom stereocenters. The van der Waals surface area contributed by atoms with Crippen LogP contribution in [0.5, 0.6) is 0 Å². The third-order valence-corrected chi connectivity index (χ3v) is 12.5. The highest BCUT2D eigenvalue weighted by atomic mass is 16.2. The van der Waals surface area contributed by atoms with E-state index in [1.807, 2.05) is 38.1 Å². The molecule has 2 saturated heterocycles. The van der Waals surface area contributed by atoms with Crippen molar-refractivity contribution in [3.8, 4) is 0 Å². The Morgan fingerprint density at radius 3 is 1.48 bits per heavy atom. The van der Waals surface area contributed by atoms with Crippen LogP contribution < -0.4 is 10.6 Å². The molecule has 4 aliphatic heterocycles. The lowest BCUT2D eigenvalue weighted by atomic mass is 9.82. The second-order valence-corrected chi connectivity index (χ2v) is 18.3. The first-order chi connectivity index (χ1) is 31.3. The maximum Gasteiger partial charge on any atom is 0.255 e. The van der Waals surface area contributed by atoms with Gasteiger partial charge in [0.05, 0.1) is 0 Å². The number of amides is 6. The molecule has 0 spiro atoms. The summed E-state index contributed by atoms with van der Waals surface area (Å²) in [5.41, 5.74) is 7.77. The van der Waals surface area contributed by atoms with Crippen LogP contribution >= 0.6 is 0 Å². The maximum atomic E-state index is 13.0. The van der Waals surface area contributed by atoms with Crippen molar-refractivity contribution in [2.24, 2.45) is 0 Å². The average Bonchev–Trinajstić information content (AvgIpc) is 3.78. The van der Waals surface area contributed by atoms with Crippen LogP contribution in [0.4, 0.5) is 0 Å². The zero-order valence-corrected chi connectivity index (χ0v) is 37.6. The molecule has 5 heterocycles. The van der Waals surface area contributed by atoms with Crippen molar-refractivity contribution in [3.63, 3.8) is 0 Å². The lowest BCUT2D eigenvalue weighted by Crippen LogP contribution is -2.52. The van der Waals surface area contributed by atoms with Gasteiger partial charge in [-0.3, -0.25) is 63.6 Å². The molecule has 6 amide bonds. The number of carbonyl (C=O) groups is 10. The van der Waals surface area contributed by atoms with Crippen LogP contribution in [0.1, 0.15) is 140 Å². The molecular formula is C51H51N5O10. The van der Waals surface area contributed by atoms with Gasteiger partial charge in [-0.2, -0.15) is 0 Å². The third-order valence-electron chi connectivity index (χ3n) is 12.5. The van der Waals surface area contributed by atoms with E-state index in [9.17, 15) is 47.9 Å². The molecule has 1 aromatic heterocycles. The SMILES string of the molecule is Cc1cc(C(C)(C)C)cc(C)c1C(=O)C(=O)CCc1ccc2c(c1)CN(C1CCC(=O)NC1=O)C2=O.O=C1CCC(N2Cc3cc(CCC(=O)C(=O)c4ccncc4)ccc3C2=O)C(=O)N1. The molecule has 0 aliphatic carbocycles. The fourth-order valence-corrected chi connectivity index (χ4v) is 8.87. The average molecular weight is 894 g/mol. The van der Waals surface area contributed by atoms with Gasteiger partial charge >= 0.3 is 0 Å². The number of hydrogen-bond acceptors (Lipinski definition) is 11. The largest absolute Gasteiger partial charge is 0.322 e. The zero-order chi connectivity index (χ0) is 47.6.